The lowest BCUT2D eigenvalue weighted by molar-refractivity contribution is 0.470. The molecule has 1 unspecified atom stereocenters. The Kier molecular flexibility index (Phi) is 3.47. The van der Waals surface area contributed by atoms with Crippen molar-refractivity contribution in [3.63, 3.8) is 0 Å². The third-order valence-corrected chi connectivity index (χ3v) is 3.87. The SMILES string of the molecule is Cc1cc(Br)ccc1CC(CN)C1CC1. The predicted octanol–water partition coefficient (Wildman–Crippen LogP) is 3.28. The summed E-state index contributed by atoms with van der Waals surface area (Å²) in [5.74, 6) is 1.60. The van der Waals surface area contributed by atoms with Crippen molar-refractivity contribution in [1.29, 1.82) is 0 Å². The van der Waals surface area contributed by atoms with Gasteiger partial charge in [-0.25, -0.2) is 0 Å². The van der Waals surface area contributed by atoms with Crippen LogP contribution in [-0.2, 0) is 6.42 Å². The zero-order chi connectivity index (χ0) is 10.8. The van der Waals surface area contributed by atoms with E-state index in [1.54, 1.807) is 0 Å². The molecule has 1 aliphatic carbocycles. The van der Waals surface area contributed by atoms with Crippen molar-refractivity contribution in [3.8, 4) is 0 Å². The van der Waals surface area contributed by atoms with E-state index in [0.717, 1.165) is 18.9 Å². The normalized spacial score (nSPS) is 17.8. The number of rotatable bonds is 4. The van der Waals surface area contributed by atoms with Crippen LogP contribution >= 0.6 is 15.9 Å². The highest BCUT2D eigenvalue weighted by Gasteiger charge is 2.30. The second-order valence-electron chi connectivity index (χ2n) is 4.61. The van der Waals surface area contributed by atoms with Crippen LogP contribution in [0.15, 0.2) is 22.7 Å². The van der Waals surface area contributed by atoms with Crippen LogP contribution in [0.3, 0.4) is 0 Å². The minimum absolute atomic E-state index is 0.699. The quantitative estimate of drug-likeness (QED) is 0.891. The van der Waals surface area contributed by atoms with Crippen LogP contribution in [-0.4, -0.2) is 6.54 Å². The highest BCUT2D eigenvalue weighted by Crippen LogP contribution is 2.38. The summed E-state index contributed by atoms with van der Waals surface area (Å²) >= 11 is 3.50. The predicted molar refractivity (Wildman–Crippen MR) is 67.9 cm³/mol. The Morgan fingerprint density at radius 2 is 2.20 bits per heavy atom. The van der Waals surface area contributed by atoms with Crippen LogP contribution < -0.4 is 5.73 Å². The summed E-state index contributed by atoms with van der Waals surface area (Å²) < 4.78 is 1.17. The maximum absolute atomic E-state index is 5.83. The fourth-order valence-electron chi connectivity index (χ4n) is 2.18. The number of benzene rings is 1. The molecule has 0 heterocycles. The molecule has 2 N–H and O–H groups in total. The number of nitrogens with two attached hydrogens (primary N) is 1. The molecule has 15 heavy (non-hydrogen) atoms. The van der Waals surface area contributed by atoms with Crippen LogP contribution in [0, 0.1) is 18.8 Å². The van der Waals surface area contributed by atoms with E-state index in [1.165, 1.54) is 28.4 Å². The molecule has 1 atom stereocenters. The first-order valence-electron chi connectivity index (χ1n) is 5.66. The molecule has 0 spiro atoms. The van der Waals surface area contributed by atoms with Crippen molar-refractivity contribution >= 4 is 15.9 Å². The Bertz CT molecular complexity index is 344. The van der Waals surface area contributed by atoms with E-state index in [4.69, 9.17) is 5.73 Å². The smallest absolute Gasteiger partial charge is 0.0178 e. The second kappa shape index (κ2) is 4.67. The van der Waals surface area contributed by atoms with Gasteiger partial charge in [-0.3, -0.25) is 0 Å². The van der Waals surface area contributed by atoms with E-state index in [1.807, 2.05) is 0 Å². The number of hydrogen-bond acceptors (Lipinski definition) is 1. The zero-order valence-corrected chi connectivity index (χ0v) is 10.8. The summed E-state index contributed by atoms with van der Waals surface area (Å²) in [6, 6.07) is 6.54. The lowest BCUT2D eigenvalue weighted by Crippen LogP contribution is -2.19. The minimum atomic E-state index is 0.699. The summed E-state index contributed by atoms with van der Waals surface area (Å²) in [5.41, 5.74) is 8.67. The van der Waals surface area contributed by atoms with Gasteiger partial charge in [0.15, 0.2) is 0 Å². The highest BCUT2D eigenvalue weighted by atomic mass is 79.9. The molecule has 1 saturated carbocycles. The van der Waals surface area contributed by atoms with Crippen LogP contribution in [0.1, 0.15) is 24.0 Å². The van der Waals surface area contributed by atoms with Gasteiger partial charge in [0.25, 0.3) is 0 Å². The van der Waals surface area contributed by atoms with Gasteiger partial charge in [0.05, 0.1) is 0 Å². The van der Waals surface area contributed by atoms with E-state index in [-0.39, 0.29) is 0 Å². The fourth-order valence-corrected chi connectivity index (χ4v) is 2.66. The van der Waals surface area contributed by atoms with E-state index in [9.17, 15) is 0 Å². The molecule has 0 radical (unpaired) electrons. The first-order chi connectivity index (χ1) is 7.20. The molecular formula is C13H18BrN. The molecule has 82 valence electrons. The van der Waals surface area contributed by atoms with Gasteiger partial charge >= 0.3 is 0 Å². The molecule has 1 fully saturated rings. The lowest BCUT2D eigenvalue weighted by Gasteiger charge is -2.15. The fraction of sp³-hybridized carbons (Fsp3) is 0.538. The Balaban J connectivity index is 2.08. The maximum Gasteiger partial charge on any atom is 0.0178 e. The molecule has 2 rings (SSSR count). The van der Waals surface area contributed by atoms with Crippen molar-refractivity contribution in [2.24, 2.45) is 17.6 Å². The summed E-state index contributed by atoms with van der Waals surface area (Å²) in [6.45, 7) is 3.01. The zero-order valence-electron chi connectivity index (χ0n) is 9.17. The lowest BCUT2D eigenvalue weighted by atomic mass is 9.92. The van der Waals surface area contributed by atoms with E-state index in [2.05, 4.69) is 41.1 Å². The van der Waals surface area contributed by atoms with E-state index >= 15 is 0 Å². The average molecular weight is 268 g/mol. The summed E-state index contributed by atoms with van der Waals surface area (Å²) in [6.07, 6.45) is 3.93. The van der Waals surface area contributed by atoms with Gasteiger partial charge in [-0.1, -0.05) is 22.0 Å². The molecule has 0 aliphatic heterocycles. The van der Waals surface area contributed by atoms with Crippen molar-refractivity contribution in [3.05, 3.63) is 33.8 Å². The maximum atomic E-state index is 5.83. The first kappa shape index (κ1) is 11.2. The standard InChI is InChI=1S/C13H18BrN/c1-9-6-13(14)5-4-11(9)7-12(8-15)10-2-3-10/h4-6,10,12H,2-3,7-8,15H2,1H3. The third-order valence-electron chi connectivity index (χ3n) is 3.38. The summed E-state index contributed by atoms with van der Waals surface area (Å²) in [5, 5.41) is 0. The van der Waals surface area contributed by atoms with Crippen molar-refractivity contribution in [2.45, 2.75) is 26.2 Å². The molecular weight excluding hydrogens is 250 g/mol. The molecule has 0 aromatic heterocycles. The monoisotopic (exact) mass is 267 g/mol. The molecule has 2 heteroatoms. The Morgan fingerprint density at radius 1 is 1.47 bits per heavy atom. The van der Waals surface area contributed by atoms with E-state index < -0.39 is 0 Å². The molecule has 0 bridgehead atoms. The largest absolute Gasteiger partial charge is 0.330 e. The molecule has 1 aliphatic rings. The highest BCUT2D eigenvalue weighted by molar-refractivity contribution is 9.10. The topological polar surface area (TPSA) is 26.0 Å². The van der Waals surface area contributed by atoms with Gasteiger partial charge in [0.1, 0.15) is 0 Å². The molecule has 0 amide bonds. The van der Waals surface area contributed by atoms with Gasteiger partial charge in [-0.15, -0.1) is 0 Å². The third kappa shape index (κ3) is 2.82. The summed E-state index contributed by atoms with van der Waals surface area (Å²) in [4.78, 5) is 0. The van der Waals surface area contributed by atoms with Crippen molar-refractivity contribution in [2.75, 3.05) is 6.54 Å². The first-order valence-corrected chi connectivity index (χ1v) is 6.45. The summed E-state index contributed by atoms with van der Waals surface area (Å²) in [7, 11) is 0. The Labute approximate surface area is 100 Å². The van der Waals surface area contributed by atoms with Gasteiger partial charge in [0, 0.05) is 4.47 Å². The van der Waals surface area contributed by atoms with Crippen molar-refractivity contribution < 1.29 is 0 Å². The number of hydrogen-bond donors (Lipinski definition) is 1. The second-order valence-corrected chi connectivity index (χ2v) is 5.52. The van der Waals surface area contributed by atoms with Gasteiger partial charge in [-0.05, 0) is 67.8 Å². The van der Waals surface area contributed by atoms with Crippen LogP contribution in [0.25, 0.3) is 0 Å². The van der Waals surface area contributed by atoms with Gasteiger partial charge < -0.3 is 5.73 Å². The number of aryl methyl sites for hydroxylation is 1. The van der Waals surface area contributed by atoms with Crippen LogP contribution in [0.2, 0.25) is 0 Å². The van der Waals surface area contributed by atoms with Crippen LogP contribution in [0.5, 0.6) is 0 Å². The Hall–Kier alpha value is -0.340. The average Bonchev–Trinajstić information content (AvgIpc) is 3.00. The minimum Gasteiger partial charge on any atom is -0.330 e. The van der Waals surface area contributed by atoms with Gasteiger partial charge in [-0.2, -0.15) is 0 Å². The molecule has 1 aromatic carbocycles. The molecule has 1 aromatic rings. The molecule has 0 saturated heterocycles. The number of halogens is 1. The van der Waals surface area contributed by atoms with Crippen LogP contribution in [0.4, 0.5) is 0 Å². The Morgan fingerprint density at radius 3 is 2.73 bits per heavy atom. The molecule has 1 nitrogen and oxygen atoms in total. The van der Waals surface area contributed by atoms with Gasteiger partial charge in [0.2, 0.25) is 0 Å². The van der Waals surface area contributed by atoms with E-state index in [0.29, 0.717) is 5.92 Å². The van der Waals surface area contributed by atoms with Crippen molar-refractivity contribution in [1.82, 2.24) is 0 Å².